The van der Waals surface area contributed by atoms with Gasteiger partial charge in [-0.15, -0.1) is 0 Å². The van der Waals surface area contributed by atoms with Crippen molar-refractivity contribution in [3.05, 3.63) is 47.8 Å². The molecule has 0 heterocycles. The average Bonchev–Trinajstić information content (AvgIpc) is 2.73. The number of unbranched alkanes of at least 4 members (excludes halogenated alkanes) is 1. The molecule has 0 aliphatic heterocycles. The lowest BCUT2D eigenvalue weighted by Crippen LogP contribution is -2.25. The first kappa shape index (κ1) is 20.6. The summed E-state index contributed by atoms with van der Waals surface area (Å²) in [4.78, 5) is 0. The monoisotopic (exact) mass is 370 g/mol. The molecule has 0 unspecified atom stereocenters. The maximum absolute atomic E-state index is 12.1. The quantitative estimate of drug-likeness (QED) is 0.431. The summed E-state index contributed by atoms with van der Waals surface area (Å²) in [5.74, 6) is 3.58. The van der Waals surface area contributed by atoms with E-state index in [0.29, 0.717) is 6.33 Å². The highest BCUT2D eigenvalue weighted by Crippen LogP contribution is 2.44. The number of benzene rings is 1. The molecule has 27 heavy (non-hydrogen) atoms. The van der Waals surface area contributed by atoms with Crippen molar-refractivity contribution in [2.45, 2.75) is 96.3 Å². The molecule has 2 saturated carbocycles. The number of hydrogen-bond donors (Lipinski definition) is 0. The first-order valence-electron chi connectivity index (χ1n) is 11.6. The van der Waals surface area contributed by atoms with Crippen LogP contribution in [0.25, 0.3) is 0 Å². The van der Waals surface area contributed by atoms with Crippen LogP contribution in [-0.2, 0) is 6.42 Å². The third-order valence-corrected chi connectivity index (χ3v) is 7.43. The highest BCUT2D eigenvalue weighted by atomic mass is 19.1. The average molecular weight is 371 g/mol. The predicted octanol–water partition coefficient (Wildman–Crippen LogP) is 8.37. The molecule has 0 saturated heterocycles. The highest BCUT2D eigenvalue weighted by molar-refractivity contribution is 5.26. The molecule has 2 aliphatic rings. The smallest absolute Gasteiger partial charge is 0.0827 e. The van der Waals surface area contributed by atoms with Crippen LogP contribution in [0, 0.1) is 17.8 Å². The summed E-state index contributed by atoms with van der Waals surface area (Å²) in [5, 5.41) is 0. The zero-order chi connectivity index (χ0) is 18.9. The van der Waals surface area contributed by atoms with Crippen LogP contribution in [0.5, 0.6) is 0 Å². The minimum absolute atomic E-state index is 0.711. The second-order valence-corrected chi connectivity index (χ2v) is 9.18. The van der Waals surface area contributed by atoms with Crippen LogP contribution in [-0.4, -0.2) is 0 Å². The third kappa shape index (κ3) is 6.19. The van der Waals surface area contributed by atoms with Gasteiger partial charge in [-0.05, 0) is 99.0 Å². The fraction of sp³-hybridized carbons (Fsp3) is 0.692. The molecule has 1 heteroatoms. The van der Waals surface area contributed by atoms with Crippen molar-refractivity contribution in [1.82, 2.24) is 0 Å². The molecule has 1 aromatic carbocycles. The van der Waals surface area contributed by atoms with Crippen molar-refractivity contribution in [2.75, 3.05) is 0 Å². The van der Waals surface area contributed by atoms with Crippen LogP contribution < -0.4 is 0 Å². The summed E-state index contributed by atoms with van der Waals surface area (Å²) in [7, 11) is 0. The van der Waals surface area contributed by atoms with Gasteiger partial charge in [-0.1, -0.05) is 56.5 Å². The maximum Gasteiger partial charge on any atom is 0.0827 e. The number of aryl methyl sites for hydroxylation is 1. The Morgan fingerprint density at radius 1 is 0.889 bits per heavy atom. The molecule has 0 bridgehead atoms. The second kappa shape index (κ2) is 11.0. The van der Waals surface area contributed by atoms with E-state index < -0.39 is 0 Å². The SMILES string of the molecule is CCCCc1ccc(C2CCC(C3CCC(CCC=CF)CC3)CC2)cc1. The van der Waals surface area contributed by atoms with E-state index in [1.807, 2.05) is 0 Å². The molecule has 2 fully saturated rings. The molecule has 0 amide bonds. The van der Waals surface area contributed by atoms with E-state index in [9.17, 15) is 4.39 Å². The molecule has 2 aliphatic carbocycles. The Kier molecular flexibility index (Phi) is 8.42. The van der Waals surface area contributed by atoms with Crippen molar-refractivity contribution < 1.29 is 4.39 Å². The van der Waals surface area contributed by atoms with E-state index in [1.165, 1.54) is 82.6 Å². The fourth-order valence-electron chi connectivity index (χ4n) is 5.60. The topological polar surface area (TPSA) is 0 Å². The lowest BCUT2D eigenvalue weighted by Gasteiger charge is -2.38. The molecule has 1 aromatic rings. The van der Waals surface area contributed by atoms with Crippen LogP contribution in [0.15, 0.2) is 36.7 Å². The normalized spacial score (nSPS) is 29.3. The minimum atomic E-state index is 0.711. The van der Waals surface area contributed by atoms with Gasteiger partial charge in [0.05, 0.1) is 6.33 Å². The first-order valence-corrected chi connectivity index (χ1v) is 11.6. The summed E-state index contributed by atoms with van der Waals surface area (Å²) < 4.78 is 12.1. The standard InChI is InChI=1S/C26H39F/c1-2-3-6-21-8-12-23(13-9-21)25-16-18-26(19-17-25)24-14-10-22(11-15-24)7-4-5-20-27/h5,8-9,12-13,20,22,24-26H,2-4,6-7,10-11,14-19H2,1H3. The van der Waals surface area contributed by atoms with Crippen LogP contribution in [0.4, 0.5) is 4.39 Å². The summed E-state index contributed by atoms with van der Waals surface area (Å²) in [6, 6.07) is 9.56. The number of rotatable bonds is 8. The van der Waals surface area contributed by atoms with Gasteiger partial charge in [0.25, 0.3) is 0 Å². The van der Waals surface area contributed by atoms with Crippen molar-refractivity contribution in [2.24, 2.45) is 17.8 Å². The lowest BCUT2D eigenvalue weighted by atomic mass is 9.68. The van der Waals surface area contributed by atoms with E-state index in [0.717, 1.165) is 30.1 Å². The van der Waals surface area contributed by atoms with Crippen molar-refractivity contribution >= 4 is 0 Å². The zero-order valence-corrected chi connectivity index (χ0v) is 17.3. The van der Waals surface area contributed by atoms with E-state index in [1.54, 1.807) is 11.6 Å². The van der Waals surface area contributed by atoms with Gasteiger partial charge in [-0.3, -0.25) is 0 Å². The van der Waals surface area contributed by atoms with Crippen LogP contribution in [0.2, 0.25) is 0 Å². The molecule has 0 spiro atoms. The summed E-state index contributed by atoms with van der Waals surface area (Å²) in [6.07, 6.45) is 19.6. The largest absolute Gasteiger partial charge is 0.216 e. The maximum atomic E-state index is 12.1. The predicted molar refractivity (Wildman–Crippen MR) is 115 cm³/mol. The summed E-state index contributed by atoms with van der Waals surface area (Å²) in [5.41, 5.74) is 3.09. The van der Waals surface area contributed by atoms with Crippen molar-refractivity contribution in [1.29, 1.82) is 0 Å². The second-order valence-electron chi connectivity index (χ2n) is 9.18. The van der Waals surface area contributed by atoms with Gasteiger partial charge in [0.2, 0.25) is 0 Å². The zero-order valence-electron chi connectivity index (χ0n) is 17.3. The van der Waals surface area contributed by atoms with Crippen LogP contribution in [0.3, 0.4) is 0 Å². The van der Waals surface area contributed by atoms with E-state index in [4.69, 9.17) is 0 Å². The summed E-state index contributed by atoms with van der Waals surface area (Å²) in [6.45, 7) is 2.27. The van der Waals surface area contributed by atoms with Gasteiger partial charge >= 0.3 is 0 Å². The Morgan fingerprint density at radius 2 is 1.52 bits per heavy atom. The van der Waals surface area contributed by atoms with E-state index in [-0.39, 0.29) is 0 Å². The van der Waals surface area contributed by atoms with Gasteiger partial charge in [0, 0.05) is 0 Å². The minimum Gasteiger partial charge on any atom is -0.216 e. The fourth-order valence-corrected chi connectivity index (χ4v) is 5.60. The molecular formula is C26H39F. The van der Waals surface area contributed by atoms with Crippen LogP contribution in [0.1, 0.15) is 101 Å². The van der Waals surface area contributed by atoms with Gasteiger partial charge < -0.3 is 0 Å². The summed E-state index contributed by atoms with van der Waals surface area (Å²) >= 11 is 0. The van der Waals surface area contributed by atoms with Gasteiger partial charge in [0.15, 0.2) is 0 Å². The Hall–Kier alpha value is -1.11. The Morgan fingerprint density at radius 3 is 2.11 bits per heavy atom. The van der Waals surface area contributed by atoms with Crippen molar-refractivity contribution in [3.63, 3.8) is 0 Å². The Labute approximate surface area is 166 Å². The lowest BCUT2D eigenvalue weighted by molar-refractivity contribution is 0.157. The number of halogens is 1. The third-order valence-electron chi connectivity index (χ3n) is 7.43. The van der Waals surface area contributed by atoms with Gasteiger partial charge in [-0.25, -0.2) is 4.39 Å². The number of allylic oxidation sites excluding steroid dienone is 1. The highest BCUT2D eigenvalue weighted by Gasteiger charge is 2.31. The molecule has 0 nitrogen and oxygen atoms in total. The van der Waals surface area contributed by atoms with Crippen LogP contribution >= 0.6 is 0 Å². The molecule has 0 N–H and O–H groups in total. The first-order chi connectivity index (χ1) is 13.3. The Balaban J connectivity index is 1.40. The molecule has 150 valence electrons. The molecule has 0 atom stereocenters. The van der Waals surface area contributed by atoms with E-state index in [2.05, 4.69) is 31.2 Å². The Bertz CT molecular complexity index is 542. The molecule has 0 aromatic heterocycles. The van der Waals surface area contributed by atoms with Gasteiger partial charge in [0.1, 0.15) is 0 Å². The molecule has 0 radical (unpaired) electrons. The van der Waals surface area contributed by atoms with Crippen molar-refractivity contribution in [3.8, 4) is 0 Å². The molecular weight excluding hydrogens is 331 g/mol. The molecule has 3 rings (SSSR count). The number of hydrogen-bond acceptors (Lipinski definition) is 0. The van der Waals surface area contributed by atoms with E-state index >= 15 is 0 Å². The van der Waals surface area contributed by atoms with Gasteiger partial charge in [-0.2, -0.15) is 0 Å².